The maximum atomic E-state index is 5.74. The van der Waals surface area contributed by atoms with Crippen molar-refractivity contribution in [3.8, 4) is 0 Å². The quantitative estimate of drug-likeness (QED) is 0.863. The lowest BCUT2D eigenvalue weighted by atomic mass is 10.1. The molecule has 1 unspecified atom stereocenters. The lowest BCUT2D eigenvalue weighted by Gasteiger charge is -2.15. The fourth-order valence-corrected chi connectivity index (χ4v) is 1.54. The first-order valence-electron chi connectivity index (χ1n) is 4.66. The molecule has 0 saturated heterocycles. The maximum Gasteiger partial charge on any atom is 0.0890 e. The molecule has 0 saturated carbocycles. The van der Waals surface area contributed by atoms with E-state index in [0.29, 0.717) is 6.54 Å². The summed E-state index contributed by atoms with van der Waals surface area (Å²) in [7, 11) is 0. The first kappa shape index (κ1) is 11.8. The Bertz CT molecular complexity index is 372. The van der Waals surface area contributed by atoms with Crippen LogP contribution in [-0.2, 0) is 0 Å². The Morgan fingerprint density at radius 3 is 2.47 bits per heavy atom. The van der Waals surface area contributed by atoms with Gasteiger partial charge in [0.2, 0.25) is 0 Å². The second-order valence-corrected chi connectivity index (χ2v) is 3.15. The molecule has 0 aliphatic carbocycles. The Balaban J connectivity index is 0.00000112. The van der Waals surface area contributed by atoms with Gasteiger partial charge in [0.15, 0.2) is 0 Å². The van der Waals surface area contributed by atoms with Gasteiger partial charge in [-0.2, -0.15) is 5.10 Å². The van der Waals surface area contributed by atoms with E-state index < -0.39 is 0 Å². The van der Waals surface area contributed by atoms with E-state index in [0.717, 1.165) is 0 Å². The molecule has 1 aromatic carbocycles. The van der Waals surface area contributed by atoms with Gasteiger partial charge in [-0.15, -0.1) is 12.4 Å². The smallest absolute Gasteiger partial charge is 0.0890 e. The lowest BCUT2D eigenvalue weighted by molar-refractivity contribution is 0.532. The van der Waals surface area contributed by atoms with Crippen LogP contribution in [0.3, 0.4) is 0 Å². The molecule has 1 atom stereocenters. The van der Waals surface area contributed by atoms with Crippen LogP contribution in [0, 0.1) is 0 Å². The van der Waals surface area contributed by atoms with Gasteiger partial charge >= 0.3 is 0 Å². The molecule has 0 spiro atoms. The second-order valence-electron chi connectivity index (χ2n) is 3.15. The molecule has 0 aliphatic heterocycles. The molecule has 0 bridgehead atoms. The average Bonchev–Trinajstić information content (AvgIpc) is 2.74. The Morgan fingerprint density at radius 1 is 1.20 bits per heavy atom. The van der Waals surface area contributed by atoms with E-state index in [4.69, 9.17) is 5.73 Å². The highest BCUT2D eigenvalue weighted by Crippen LogP contribution is 2.15. The lowest BCUT2D eigenvalue weighted by Crippen LogP contribution is -2.20. The molecule has 3 nitrogen and oxygen atoms in total. The number of aromatic nitrogens is 2. The third-order valence-electron chi connectivity index (χ3n) is 2.25. The SMILES string of the molecule is Cl.NCC(c1ccccc1)n1cccn1. The molecule has 0 aliphatic rings. The Morgan fingerprint density at radius 2 is 1.93 bits per heavy atom. The molecule has 80 valence electrons. The van der Waals surface area contributed by atoms with E-state index in [1.54, 1.807) is 6.20 Å². The van der Waals surface area contributed by atoms with Crippen LogP contribution in [0.5, 0.6) is 0 Å². The van der Waals surface area contributed by atoms with Crippen LogP contribution in [0.4, 0.5) is 0 Å². The summed E-state index contributed by atoms with van der Waals surface area (Å²) in [6, 6.07) is 12.2. The van der Waals surface area contributed by atoms with Gasteiger partial charge in [-0.1, -0.05) is 30.3 Å². The van der Waals surface area contributed by atoms with Gasteiger partial charge in [-0.05, 0) is 11.6 Å². The van der Waals surface area contributed by atoms with Crippen LogP contribution in [-0.4, -0.2) is 16.3 Å². The van der Waals surface area contributed by atoms with Crippen molar-refractivity contribution < 1.29 is 0 Å². The molecule has 1 aromatic heterocycles. The van der Waals surface area contributed by atoms with Gasteiger partial charge in [0, 0.05) is 18.9 Å². The third-order valence-corrected chi connectivity index (χ3v) is 2.25. The minimum atomic E-state index is 0. The number of halogens is 1. The zero-order valence-electron chi connectivity index (χ0n) is 8.28. The maximum absolute atomic E-state index is 5.74. The van der Waals surface area contributed by atoms with Crippen LogP contribution < -0.4 is 5.73 Å². The molecule has 15 heavy (non-hydrogen) atoms. The van der Waals surface area contributed by atoms with E-state index in [9.17, 15) is 0 Å². The van der Waals surface area contributed by atoms with Crippen LogP contribution in [0.1, 0.15) is 11.6 Å². The summed E-state index contributed by atoms with van der Waals surface area (Å²) in [6.45, 7) is 0.561. The van der Waals surface area contributed by atoms with Gasteiger partial charge in [0.05, 0.1) is 6.04 Å². The fraction of sp³-hybridized carbons (Fsp3) is 0.182. The largest absolute Gasteiger partial charge is 0.328 e. The fourth-order valence-electron chi connectivity index (χ4n) is 1.54. The zero-order valence-corrected chi connectivity index (χ0v) is 9.10. The predicted octanol–water partition coefficient (Wildman–Crippen LogP) is 1.85. The molecule has 0 fully saturated rings. The number of hydrogen-bond acceptors (Lipinski definition) is 2. The second kappa shape index (κ2) is 5.53. The number of benzene rings is 1. The summed E-state index contributed by atoms with van der Waals surface area (Å²) in [5, 5.41) is 4.20. The third kappa shape index (κ3) is 2.58. The van der Waals surface area contributed by atoms with Crippen molar-refractivity contribution in [2.24, 2.45) is 5.73 Å². The Hall–Kier alpha value is -1.32. The summed E-state index contributed by atoms with van der Waals surface area (Å²) < 4.78 is 1.88. The predicted molar refractivity (Wildman–Crippen MR) is 63.1 cm³/mol. The minimum absolute atomic E-state index is 0. The molecular weight excluding hydrogens is 210 g/mol. The average molecular weight is 224 g/mol. The molecule has 2 N–H and O–H groups in total. The molecule has 0 amide bonds. The van der Waals surface area contributed by atoms with Gasteiger partial charge < -0.3 is 5.73 Å². The molecule has 4 heteroatoms. The highest BCUT2D eigenvalue weighted by atomic mass is 35.5. The summed E-state index contributed by atoms with van der Waals surface area (Å²) in [5.41, 5.74) is 6.93. The van der Waals surface area contributed by atoms with Crippen molar-refractivity contribution in [3.05, 3.63) is 54.4 Å². The topological polar surface area (TPSA) is 43.8 Å². The summed E-state index contributed by atoms with van der Waals surface area (Å²) in [6.07, 6.45) is 3.70. The van der Waals surface area contributed by atoms with Crippen molar-refractivity contribution in [3.63, 3.8) is 0 Å². The van der Waals surface area contributed by atoms with Gasteiger partial charge in [-0.3, -0.25) is 4.68 Å². The number of hydrogen-bond donors (Lipinski definition) is 1. The van der Waals surface area contributed by atoms with Crippen molar-refractivity contribution in [1.82, 2.24) is 9.78 Å². The van der Waals surface area contributed by atoms with Crippen LogP contribution in [0.15, 0.2) is 48.8 Å². The van der Waals surface area contributed by atoms with Crippen LogP contribution >= 0.6 is 12.4 Å². The highest BCUT2D eigenvalue weighted by molar-refractivity contribution is 5.85. The summed E-state index contributed by atoms with van der Waals surface area (Å²) in [4.78, 5) is 0. The standard InChI is InChI=1S/C11H13N3.ClH/c12-9-11(14-8-4-7-13-14)10-5-2-1-3-6-10;/h1-8,11H,9,12H2;1H. The van der Waals surface area contributed by atoms with E-state index in [1.807, 2.05) is 35.1 Å². The van der Waals surface area contributed by atoms with Gasteiger partial charge in [0.1, 0.15) is 0 Å². The van der Waals surface area contributed by atoms with Gasteiger partial charge in [-0.25, -0.2) is 0 Å². The molecule has 1 heterocycles. The minimum Gasteiger partial charge on any atom is -0.328 e. The normalized spacial score (nSPS) is 11.8. The molecule has 0 radical (unpaired) electrons. The zero-order chi connectivity index (χ0) is 9.80. The van der Waals surface area contributed by atoms with Gasteiger partial charge in [0.25, 0.3) is 0 Å². The molecule has 2 aromatic rings. The van der Waals surface area contributed by atoms with E-state index >= 15 is 0 Å². The van der Waals surface area contributed by atoms with Crippen molar-refractivity contribution in [2.75, 3.05) is 6.54 Å². The van der Waals surface area contributed by atoms with E-state index in [2.05, 4.69) is 17.2 Å². The van der Waals surface area contributed by atoms with E-state index in [-0.39, 0.29) is 18.4 Å². The summed E-state index contributed by atoms with van der Waals surface area (Å²) >= 11 is 0. The Kier molecular flexibility index (Phi) is 4.34. The Labute approximate surface area is 95.3 Å². The van der Waals surface area contributed by atoms with Crippen molar-refractivity contribution in [1.29, 1.82) is 0 Å². The monoisotopic (exact) mass is 223 g/mol. The van der Waals surface area contributed by atoms with Crippen LogP contribution in [0.2, 0.25) is 0 Å². The van der Waals surface area contributed by atoms with Crippen LogP contribution in [0.25, 0.3) is 0 Å². The first-order chi connectivity index (χ1) is 6.92. The molecule has 2 rings (SSSR count). The van der Waals surface area contributed by atoms with Crippen molar-refractivity contribution in [2.45, 2.75) is 6.04 Å². The highest BCUT2D eigenvalue weighted by Gasteiger charge is 2.10. The number of nitrogens with two attached hydrogens (primary N) is 1. The van der Waals surface area contributed by atoms with Crippen molar-refractivity contribution >= 4 is 12.4 Å². The number of nitrogens with zero attached hydrogens (tertiary/aromatic N) is 2. The summed E-state index contributed by atoms with van der Waals surface area (Å²) in [5.74, 6) is 0. The number of rotatable bonds is 3. The molecular formula is C11H14ClN3. The first-order valence-corrected chi connectivity index (χ1v) is 4.66. The van der Waals surface area contributed by atoms with E-state index in [1.165, 1.54) is 5.56 Å².